The molecular weight excluding hydrogens is 340 g/mol. The molecule has 0 saturated carbocycles. The van der Waals surface area contributed by atoms with Crippen LogP contribution < -0.4 is 10.6 Å². The first-order valence-corrected chi connectivity index (χ1v) is 8.95. The molecule has 2 heterocycles. The summed E-state index contributed by atoms with van der Waals surface area (Å²) in [5.41, 5.74) is 7.50. The summed E-state index contributed by atoms with van der Waals surface area (Å²) in [4.78, 5) is 17.1. The van der Waals surface area contributed by atoms with Crippen LogP contribution in [0.4, 0.5) is 11.6 Å². The number of anilines is 2. The van der Waals surface area contributed by atoms with Gasteiger partial charge in [-0.25, -0.2) is 9.97 Å². The number of H-pyrrole nitrogens is 2. The number of rotatable bonds is 8. The third-order valence-corrected chi connectivity index (χ3v) is 4.01. The fourth-order valence-electron chi connectivity index (χ4n) is 2.52. The van der Waals surface area contributed by atoms with E-state index in [-0.39, 0.29) is 0 Å². The second-order valence-corrected chi connectivity index (χ2v) is 6.58. The summed E-state index contributed by atoms with van der Waals surface area (Å²) in [5, 5.41) is 0. The van der Waals surface area contributed by atoms with Crippen molar-refractivity contribution in [2.75, 3.05) is 18.0 Å². The smallest absolute Gasteiger partial charge is 0.198 e. The van der Waals surface area contributed by atoms with Crippen LogP contribution in [0.2, 0.25) is 0 Å². The number of unbranched alkanes of at least 4 members (excludes halogenated alkanes) is 3. The lowest BCUT2D eigenvalue weighted by atomic mass is 10.2. The quantitative estimate of drug-likeness (QED) is 0.487. The average molecular weight is 365 g/mol. The number of aromatic amines is 2. The fraction of sp³-hybridized carbons (Fsp3) is 0.500. The molecule has 2 aromatic rings. The topological polar surface area (TPSA) is 86.6 Å². The Bertz CT molecular complexity index is 723. The molecule has 8 heteroatoms. The molecule has 0 amide bonds. The number of nitrogens with zero attached hydrogens (tertiary/aromatic N) is 3. The molecule has 0 saturated heterocycles. The minimum Gasteiger partial charge on any atom is -0.335 e. The summed E-state index contributed by atoms with van der Waals surface area (Å²) >= 11 is 10.4. The van der Waals surface area contributed by atoms with E-state index in [9.17, 15) is 0 Å². The van der Waals surface area contributed by atoms with Gasteiger partial charge in [-0.05, 0) is 57.7 Å². The highest BCUT2D eigenvalue weighted by atomic mass is 32.1. The van der Waals surface area contributed by atoms with Crippen LogP contribution >= 0.6 is 24.4 Å². The van der Waals surface area contributed by atoms with Crippen LogP contribution in [0.25, 0.3) is 0 Å². The Morgan fingerprint density at radius 1 is 0.917 bits per heavy atom. The van der Waals surface area contributed by atoms with Crippen molar-refractivity contribution in [3.8, 4) is 0 Å². The van der Waals surface area contributed by atoms with Crippen LogP contribution in [-0.2, 0) is 0 Å². The maximum Gasteiger partial charge on any atom is 0.198 e. The third-order valence-electron chi connectivity index (χ3n) is 3.62. The molecule has 0 spiro atoms. The van der Waals surface area contributed by atoms with Crippen LogP contribution in [0.1, 0.15) is 37.1 Å². The zero-order chi connectivity index (χ0) is 17.5. The Balaban J connectivity index is 2.30. The highest BCUT2D eigenvalue weighted by Crippen LogP contribution is 2.23. The lowest BCUT2D eigenvalue weighted by Gasteiger charge is -2.23. The lowest BCUT2D eigenvalue weighted by Crippen LogP contribution is -2.22. The van der Waals surface area contributed by atoms with Gasteiger partial charge in [-0.2, -0.15) is 0 Å². The Kier molecular flexibility index (Phi) is 7.01. The fourth-order valence-corrected chi connectivity index (χ4v) is 3.03. The molecule has 0 bridgehead atoms. The summed E-state index contributed by atoms with van der Waals surface area (Å²) in [5.74, 6) is 1.59. The van der Waals surface area contributed by atoms with Crippen molar-refractivity contribution in [1.29, 1.82) is 0 Å². The highest BCUT2D eigenvalue weighted by molar-refractivity contribution is 7.71. The van der Waals surface area contributed by atoms with Gasteiger partial charge in [-0.15, -0.1) is 0 Å². The van der Waals surface area contributed by atoms with Crippen LogP contribution in [0.3, 0.4) is 0 Å². The van der Waals surface area contributed by atoms with Crippen LogP contribution in [0, 0.1) is 23.4 Å². The van der Waals surface area contributed by atoms with Crippen LogP contribution in [0.5, 0.6) is 0 Å². The molecule has 0 aromatic carbocycles. The number of nitrogens with one attached hydrogen (secondary N) is 2. The third kappa shape index (κ3) is 5.47. The lowest BCUT2D eigenvalue weighted by molar-refractivity contribution is 0.645. The van der Waals surface area contributed by atoms with E-state index in [0.717, 1.165) is 61.8 Å². The molecule has 6 nitrogen and oxygen atoms in total. The molecule has 24 heavy (non-hydrogen) atoms. The first-order valence-electron chi connectivity index (χ1n) is 8.13. The molecule has 2 rings (SSSR count). The monoisotopic (exact) mass is 364 g/mol. The van der Waals surface area contributed by atoms with Crippen molar-refractivity contribution in [1.82, 2.24) is 19.9 Å². The van der Waals surface area contributed by atoms with Crippen molar-refractivity contribution in [3.05, 3.63) is 33.1 Å². The Labute approximate surface area is 152 Å². The normalized spacial score (nSPS) is 10.8. The van der Waals surface area contributed by atoms with E-state index >= 15 is 0 Å². The van der Waals surface area contributed by atoms with E-state index in [1.807, 2.05) is 26.0 Å². The van der Waals surface area contributed by atoms with Gasteiger partial charge in [0, 0.05) is 30.1 Å². The van der Waals surface area contributed by atoms with Gasteiger partial charge in [0.2, 0.25) is 0 Å². The second-order valence-electron chi connectivity index (χ2n) is 5.81. The number of nitrogens with two attached hydrogens (primary N) is 1. The van der Waals surface area contributed by atoms with Crippen molar-refractivity contribution in [2.45, 2.75) is 39.5 Å². The zero-order valence-electron chi connectivity index (χ0n) is 14.1. The van der Waals surface area contributed by atoms with E-state index in [4.69, 9.17) is 30.2 Å². The molecule has 0 aliphatic heterocycles. The predicted molar refractivity (Wildman–Crippen MR) is 103 cm³/mol. The molecule has 0 radical (unpaired) electrons. The summed E-state index contributed by atoms with van der Waals surface area (Å²) in [6.45, 7) is 5.49. The molecule has 0 aliphatic carbocycles. The zero-order valence-corrected chi connectivity index (χ0v) is 15.8. The van der Waals surface area contributed by atoms with Gasteiger partial charge in [-0.1, -0.05) is 12.8 Å². The minimum absolute atomic E-state index is 0.468. The van der Waals surface area contributed by atoms with E-state index < -0.39 is 0 Å². The van der Waals surface area contributed by atoms with Gasteiger partial charge >= 0.3 is 0 Å². The van der Waals surface area contributed by atoms with Gasteiger partial charge in [-0.3, -0.25) is 0 Å². The van der Waals surface area contributed by atoms with Crippen molar-refractivity contribution in [2.24, 2.45) is 5.73 Å². The van der Waals surface area contributed by atoms with Gasteiger partial charge in [0.05, 0.1) is 0 Å². The van der Waals surface area contributed by atoms with E-state index in [1.165, 1.54) is 0 Å². The standard InChI is InChI=1S/C16H24N6S2/c1-11-9-13(20-15(23)18-11)22(8-6-4-3-5-7-17)14-10-12(2)19-16(24)21-14/h9-10H,3-8,17H2,1-2H3,(H,18,20,23)(H,19,21,24). The number of hydrogen-bond donors (Lipinski definition) is 3. The van der Waals surface area contributed by atoms with Crippen molar-refractivity contribution in [3.63, 3.8) is 0 Å². The van der Waals surface area contributed by atoms with E-state index in [2.05, 4.69) is 24.8 Å². The largest absolute Gasteiger partial charge is 0.335 e. The second kappa shape index (κ2) is 9.00. The molecule has 0 fully saturated rings. The average Bonchev–Trinajstić information content (AvgIpc) is 2.48. The van der Waals surface area contributed by atoms with Gasteiger partial charge in [0.25, 0.3) is 0 Å². The van der Waals surface area contributed by atoms with Crippen LogP contribution in [0.15, 0.2) is 12.1 Å². The maximum atomic E-state index is 5.56. The molecule has 130 valence electrons. The molecule has 0 aliphatic rings. The first-order chi connectivity index (χ1) is 11.5. The SMILES string of the molecule is Cc1cc(N(CCCCCCN)c2cc(C)[nH]c(=S)n2)nc(=S)[nH]1. The van der Waals surface area contributed by atoms with Crippen LogP contribution in [-0.4, -0.2) is 33.0 Å². The first kappa shape index (κ1) is 18.7. The Morgan fingerprint density at radius 2 is 1.42 bits per heavy atom. The highest BCUT2D eigenvalue weighted by Gasteiger charge is 2.13. The molecule has 4 N–H and O–H groups in total. The maximum absolute atomic E-state index is 5.56. The van der Waals surface area contributed by atoms with E-state index in [0.29, 0.717) is 9.54 Å². The summed E-state index contributed by atoms with van der Waals surface area (Å²) in [7, 11) is 0. The predicted octanol–water partition coefficient (Wildman–Crippen LogP) is 3.87. The Hall–Kier alpha value is -1.64. The molecule has 2 aromatic heterocycles. The van der Waals surface area contributed by atoms with E-state index in [1.54, 1.807) is 0 Å². The van der Waals surface area contributed by atoms with Crippen molar-refractivity contribution >= 4 is 36.1 Å². The minimum atomic E-state index is 0.468. The van der Waals surface area contributed by atoms with Gasteiger partial charge in [0.15, 0.2) is 9.54 Å². The number of hydrogen-bond acceptors (Lipinski definition) is 6. The molecular formula is C16H24N6S2. The number of aryl methyl sites for hydroxylation is 2. The molecule has 0 atom stereocenters. The van der Waals surface area contributed by atoms with Gasteiger partial charge < -0.3 is 20.6 Å². The molecule has 0 unspecified atom stereocenters. The Morgan fingerprint density at radius 3 is 1.88 bits per heavy atom. The van der Waals surface area contributed by atoms with Crippen molar-refractivity contribution < 1.29 is 0 Å². The summed E-state index contributed by atoms with van der Waals surface area (Å²) < 4.78 is 0.937. The summed E-state index contributed by atoms with van der Waals surface area (Å²) in [6, 6.07) is 3.96. The number of aromatic nitrogens is 4. The van der Waals surface area contributed by atoms with Gasteiger partial charge in [0.1, 0.15) is 11.6 Å². The summed E-state index contributed by atoms with van der Waals surface area (Å²) in [6.07, 6.45) is 4.33.